The molecule has 0 unspecified atom stereocenters. The summed E-state index contributed by atoms with van der Waals surface area (Å²) in [4.78, 5) is 4.48. The van der Waals surface area contributed by atoms with Gasteiger partial charge in [0.1, 0.15) is 5.01 Å². The van der Waals surface area contributed by atoms with Crippen molar-refractivity contribution in [3.63, 3.8) is 0 Å². The van der Waals surface area contributed by atoms with Crippen LogP contribution in [0, 0.1) is 0 Å². The highest BCUT2D eigenvalue weighted by atomic mass is 32.1. The Hall–Kier alpha value is -0.710. The van der Waals surface area contributed by atoms with Crippen molar-refractivity contribution in [1.29, 1.82) is 0 Å². The second kappa shape index (κ2) is 8.44. The van der Waals surface area contributed by atoms with Crippen molar-refractivity contribution >= 4 is 11.3 Å². The molecule has 1 rings (SSSR count). The Morgan fingerprint density at radius 1 is 1.62 bits per heavy atom. The van der Waals surface area contributed by atoms with Gasteiger partial charge in [-0.1, -0.05) is 13.0 Å². The minimum Gasteiger partial charge on any atom is -0.375 e. The van der Waals surface area contributed by atoms with E-state index in [9.17, 15) is 0 Å². The van der Waals surface area contributed by atoms with E-state index in [0.29, 0.717) is 6.61 Å². The van der Waals surface area contributed by atoms with Crippen LogP contribution < -0.4 is 5.32 Å². The summed E-state index contributed by atoms with van der Waals surface area (Å²) >= 11 is 1.69. The number of nitrogens with zero attached hydrogens (tertiary/aromatic N) is 1. The van der Waals surface area contributed by atoms with Gasteiger partial charge in [-0.3, -0.25) is 0 Å². The third-order valence-electron chi connectivity index (χ3n) is 2.07. The topological polar surface area (TPSA) is 34.1 Å². The fraction of sp³-hybridized carbons (Fsp3) is 0.583. The number of hydrogen-bond acceptors (Lipinski definition) is 4. The van der Waals surface area contributed by atoms with Gasteiger partial charge in [-0.15, -0.1) is 17.9 Å². The van der Waals surface area contributed by atoms with Crippen molar-refractivity contribution in [2.75, 3.05) is 13.2 Å². The summed E-state index contributed by atoms with van der Waals surface area (Å²) < 4.78 is 5.52. The van der Waals surface area contributed by atoms with E-state index < -0.39 is 0 Å². The largest absolute Gasteiger partial charge is 0.375 e. The molecular weight excluding hydrogens is 220 g/mol. The maximum atomic E-state index is 5.52. The van der Waals surface area contributed by atoms with Gasteiger partial charge in [-0.2, -0.15) is 0 Å². The SMILES string of the molecule is C=CCCCOCc1csc(CNCC)n1. The maximum Gasteiger partial charge on any atom is 0.107 e. The minimum absolute atomic E-state index is 0.625. The number of aromatic nitrogens is 1. The highest BCUT2D eigenvalue weighted by molar-refractivity contribution is 7.09. The summed E-state index contributed by atoms with van der Waals surface area (Å²) in [6.07, 6.45) is 3.97. The number of allylic oxidation sites excluding steroid dienone is 1. The molecule has 0 fully saturated rings. The lowest BCUT2D eigenvalue weighted by Crippen LogP contribution is -2.11. The predicted octanol–water partition coefficient (Wildman–Crippen LogP) is 2.74. The molecule has 0 amide bonds. The van der Waals surface area contributed by atoms with Gasteiger partial charge in [0.15, 0.2) is 0 Å². The van der Waals surface area contributed by atoms with E-state index in [2.05, 4.69) is 29.2 Å². The smallest absolute Gasteiger partial charge is 0.107 e. The molecule has 0 atom stereocenters. The molecule has 0 aromatic carbocycles. The van der Waals surface area contributed by atoms with Crippen molar-refractivity contribution in [3.8, 4) is 0 Å². The number of nitrogens with one attached hydrogen (secondary N) is 1. The van der Waals surface area contributed by atoms with Crippen molar-refractivity contribution < 1.29 is 4.74 Å². The van der Waals surface area contributed by atoms with E-state index in [1.807, 2.05) is 6.08 Å². The Morgan fingerprint density at radius 2 is 2.50 bits per heavy atom. The van der Waals surface area contributed by atoms with Crippen LogP contribution in [0.3, 0.4) is 0 Å². The number of hydrogen-bond donors (Lipinski definition) is 1. The van der Waals surface area contributed by atoms with Crippen molar-refractivity contribution in [1.82, 2.24) is 10.3 Å². The van der Waals surface area contributed by atoms with Crippen molar-refractivity contribution in [2.45, 2.75) is 32.9 Å². The maximum absolute atomic E-state index is 5.52. The Balaban J connectivity index is 2.16. The van der Waals surface area contributed by atoms with Crippen LogP contribution in [-0.4, -0.2) is 18.1 Å². The van der Waals surface area contributed by atoms with Gasteiger partial charge >= 0.3 is 0 Å². The molecule has 1 heterocycles. The van der Waals surface area contributed by atoms with Crippen LogP contribution in [0.4, 0.5) is 0 Å². The summed E-state index contributed by atoms with van der Waals surface area (Å²) in [5.41, 5.74) is 1.04. The molecule has 0 bridgehead atoms. The summed E-state index contributed by atoms with van der Waals surface area (Å²) in [5, 5.41) is 6.46. The van der Waals surface area contributed by atoms with Gasteiger partial charge in [0.2, 0.25) is 0 Å². The molecule has 0 aliphatic rings. The van der Waals surface area contributed by atoms with Crippen LogP contribution in [0.25, 0.3) is 0 Å². The zero-order valence-corrected chi connectivity index (χ0v) is 10.7. The fourth-order valence-electron chi connectivity index (χ4n) is 1.23. The molecule has 0 spiro atoms. The average Bonchev–Trinajstić information content (AvgIpc) is 2.74. The van der Waals surface area contributed by atoms with Gasteiger partial charge in [0.25, 0.3) is 0 Å². The Labute approximate surface area is 102 Å². The molecule has 0 aliphatic carbocycles. The lowest BCUT2D eigenvalue weighted by Gasteiger charge is -2.00. The quantitative estimate of drug-likeness (QED) is 0.532. The van der Waals surface area contributed by atoms with E-state index in [-0.39, 0.29) is 0 Å². The second-order valence-corrected chi connectivity index (χ2v) is 4.44. The van der Waals surface area contributed by atoms with Gasteiger partial charge < -0.3 is 10.1 Å². The van der Waals surface area contributed by atoms with E-state index in [4.69, 9.17) is 4.74 Å². The van der Waals surface area contributed by atoms with E-state index in [0.717, 1.165) is 43.2 Å². The van der Waals surface area contributed by atoms with Crippen molar-refractivity contribution in [3.05, 3.63) is 28.7 Å². The molecule has 0 saturated carbocycles. The first-order valence-electron chi connectivity index (χ1n) is 5.69. The molecule has 4 heteroatoms. The number of ether oxygens (including phenoxy) is 1. The molecule has 1 aromatic heterocycles. The molecule has 3 nitrogen and oxygen atoms in total. The molecule has 0 saturated heterocycles. The molecule has 1 N–H and O–H groups in total. The first-order chi connectivity index (χ1) is 7.86. The zero-order valence-electron chi connectivity index (χ0n) is 9.87. The first kappa shape index (κ1) is 13.4. The van der Waals surface area contributed by atoms with Crippen LogP contribution >= 0.6 is 11.3 Å². The predicted molar refractivity (Wildman–Crippen MR) is 68.6 cm³/mol. The normalized spacial score (nSPS) is 10.6. The third-order valence-corrected chi connectivity index (χ3v) is 2.97. The van der Waals surface area contributed by atoms with E-state index >= 15 is 0 Å². The highest BCUT2D eigenvalue weighted by Crippen LogP contribution is 2.10. The van der Waals surface area contributed by atoms with Crippen molar-refractivity contribution in [2.24, 2.45) is 0 Å². The molecule has 16 heavy (non-hydrogen) atoms. The van der Waals surface area contributed by atoms with Crippen LogP contribution in [0.5, 0.6) is 0 Å². The van der Waals surface area contributed by atoms with Gasteiger partial charge in [0, 0.05) is 18.5 Å². The Morgan fingerprint density at radius 3 is 3.25 bits per heavy atom. The Kier molecular flexibility index (Phi) is 7.05. The molecule has 0 aliphatic heterocycles. The van der Waals surface area contributed by atoms with Gasteiger partial charge in [-0.05, 0) is 19.4 Å². The molecule has 90 valence electrons. The van der Waals surface area contributed by atoms with Crippen LogP contribution in [-0.2, 0) is 17.9 Å². The van der Waals surface area contributed by atoms with Gasteiger partial charge in [0.05, 0.1) is 12.3 Å². The summed E-state index contributed by atoms with van der Waals surface area (Å²) in [6, 6.07) is 0. The average molecular weight is 240 g/mol. The Bertz CT molecular complexity index is 299. The van der Waals surface area contributed by atoms with E-state index in [1.54, 1.807) is 11.3 Å². The lowest BCUT2D eigenvalue weighted by atomic mass is 10.3. The third kappa shape index (κ3) is 5.39. The number of unbranched alkanes of at least 4 members (excludes halogenated alkanes) is 1. The van der Waals surface area contributed by atoms with Crippen LogP contribution in [0.15, 0.2) is 18.0 Å². The summed E-state index contributed by atoms with van der Waals surface area (Å²) in [6.45, 7) is 9.02. The fourth-order valence-corrected chi connectivity index (χ4v) is 1.98. The first-order valence-corrected chi connectivity index (χ1v) is 6.57. The minimum atomic E-state index is 0.625. The molecule has 0 radical (unpaired) electrons. The lowest BCUT2D eigenvalue weighted by molar-refractivity contribution is 0.117. The number of thiazole rings is 1. The summed E-state index contributed by atoms with van der Waals surface area (Å²) in [5.74, 6) is 0. The zero-order chi connectivity index (χ0) is 11.6. The summed E-state index contributed by atoms with van der Waals surface area (Å²) in [7, 11) is 0. The molecule has 1 aromatic rings. The van der Waals surface area contributed by atoms with Crippen LogP contribution in [0.1, 0.15) is 30.5 Å². The molecular formula is C12H20N2OS. The van der Waals surface area contributed by atoms with E-state index in [1.165, 1.54) is 0 Å². The second-order valence-electron chi connectivity index (χ2n) is 3.50. The number of rotatable bonds is 9. The standard InChI is InChI=1S/C12H20N2OS/c1-3-5-6-7-15-9-11-10-16-12(14-11)8-13-4-2/h3,10,13H,1,4-9H2,2H3. The van der Waals surface area contributed by atoms with Crippen LogP contribution in [0.2, 0.25) is 0 Å². The monoisotopic (exact) mass is 240 g/mol. The highest BCUT2D eigenvalue weighted by Gasteiger charge is 2.01. The van der Waals surface area contributed by atoms with Gasteiger partial charge in [-0.25, -0.2) is 4.98 Å².